The number of amides is 1. The van der Waals surface area contributed by atoms with Gasteiger partial charge in [0.1, 0.15) is 0 Å². The molecule has 2 rings (SSSR count). The lowest BCUT2D eigenvalue weighted by molar-refractivity contribution is -0.141. The Labute approximate surface area is 138 Å². The molecule has 130 valence electrons. The molecule has 24 heavy (non-hydrogen) atoms. The van der Waals surface area contributed by atoms with Crippen LogP contribution < -0.4 is 5.32 Å². The fourth-order valence-corrected chi connectivity index (χ4v) is 2.46. The van der Waals surface area contributed by atoms with Crippen LogP contribution in [-0.4, -0.2) is 15.7 Å². The lowest BCUT2D eigenvalue weighted by Gasteiger charge is -2.17. The zero-order valence-electron chi connectivity index (χ0n) is 13.6. The van der Waals surface area contributed by atoms with Gasteiger partial charge >= 0.3 is 6.18 Å². The molecule has 0 bridgehead atoms. The van der Waals surface area contributed by atoms with Gasteiger partial charge in [-0.15, -0.1) is 0 Å². The van der Waals surface area contributed by atoms with Crippen molar-refractivity contribution in [2.75, 3.05) is 0 Å². The van der Waals surface area contributed by atoms with Crippen molar-refractivity contribution in [3.8, 4) is 0 Å². The molecule has 0 saturated carbocycles. The number of carbonyl (C=O) groups excluding carboxylic acids is 1. The number of hydrogen-bond acceptors (Lipinski definition) is 2. The summed E-state index contributed by atoms with van der Waals surface area (Å²) in [5.41, 5.74) is 0.448. The first-order valence-electron chi connectivity index (χ1n) is 7.77. The van der Waals surface area contributed by atoms with Gasteiger partial charge in [-0.3, -0.25) is 9.48 Å². The minimum Gasteiger partial charge on any atom is -0.349 e. The third kappa shape index (κ3) is 4.59. The lowest BCUT2D eigenvalue weighted by Crippen LogP contribution is -2.29. The largest absolute Gasteiger partial charge is 0.435 e. The van der Waals surface area contributed by atoms with E-state index in [1.54, 1.807) is 6.92 Å². The van der Waals surface area contributed by atoms with E-state index in [-0.39, 0.29) is 24.9 Å². The molecule has 1 aromatic carbocycles. The summed E-state index contributed by atoms with van der Waals surface area (Å²) < 4.78 is 39.1. The highest BCUT2D eigenvalue weighted by Crippen LogP contribution is 2.28. The van der Waals surface area contributed by atoms with E-state index >= 15 is 0 Å². The van der Waals surface area contributed by atoms with E-state index in [2.05, 4.69) is 10.4 Å². The van der Waals surface area contributed by atoms with Gasteiger partial charge in [0.15, 0.2) is 5.69 Å². The van der Waals surface area contributed by atoms with Crippen LogP contribution >= 0.6 is 0 Å². The number of alkyl halides is 3. The third-order valence-electron chi connectivity index (χ3n) is 3.77. The Morgan fingerprint density at radius 2 is 1.96 bits per heavy atom. The molecule has 0 aliphatic heterocycles. The van der Waals surface area contributed by atoms with E-state index in [0.717, 1.165) is 18.1 Å². The first-order chi connectivity index (χ1) is 11.3. The van der Waals surface area contributed by atoms with Gasteiger partial charge in [-0.1, -0.05) is 37.3 Å². The van der Waals surface area contributed by atoms with Gasteiger partial charge in [-0.25, -0.2) is 0 Å². The first kappa shape index (κ1) is 18.0. The summed E-state index contributed by atoms with van der Waals surface area (Å²) in [6, 6.07) is 10.4. The smallest absolute Gasteiger partial charge is 0.349 e. The maximum absolute atomic E-state index is 12.6. The van der Waals surface area contributed by atoms with Crippen molar-refractivity contribution in [1.29, 1.82) is 0 Å². The number of aryl methyl sites for hydroxylation is 2. The van der Waals surface area contributed by atoms with Crippen molar-refractivity contribution < 1.29 is 18.0 Å². The fourth-order valence-electron chi connectivity index (χ4n) is 2.46. The normalized spacial score (nSPS) is 12.9. The Morgan fingerprint density at radius 3 is 2.50 bits per heavy atom. The van der Waals surface area contributed by atoms with Crippen LogP contribution in [0.25, 0.3) is 0 Å². The van der Waals surface area contributed by atoms with Crippen LogP contribution in [-0.2, 0) is 17.5 Å². The number of nitrogens with zero attached hydrogens (tertiary/aromatic N) is 2. The van der Waals surface area contributed by atoms with Crippen LogP contribution in [0.5, 0.6) is 0 Å². The Hall–Kier alpha value is -2.31. The maximum atomic E-state index is 12.6. The van der Waals surface area contributed by atoms with Crippen LogP contribution in [0.4, 0.5) is 13.2 Å². The monoisotopic (exact) mass is 339 g/mol. The molecule has 1 aromatic heterocycles. The number of nitrogens with one attached hydrogen (secondary N) is 1. The molecule has 1 N–H and O–H groups in total. The van der Waals surface area contributed by atoms with Crippen molar-refractivity contribution in [2.24, 2.45) is 0 Å². The van der Waals surface area contributed by atoms with E-state index in [9.17, 15) is 18.0 Å². The average molecular weight is 339 g/mol. The van der Waals surface area contributed by atoms with Gasteiger partial charge in [0, 0.05) is 18.7 Å². The van der Waals surface area contributed by atoms with Gasteiger partial charge in [0.2, 0.25) is 5.91 Å². The Balaban J connectivity index is 1.95. The zero-order valence-corrected chi connectivity index (χ0v) is 13.6. The Morgan fingerprint density at radius 1 is 1.29 bits per heavy atom. The van der Waals surface area contributed by atoms with Crippen LogP contribution in [0, 0.1) is 6.92 Å². The van der Waals surface area contributed by atoms with Crippen LogP contribution in [0.15, 0.2) is 36.4 Å². The van der Waals surface area contributed by atoms with Gasteiger partial charge < -0.3 is 5.32 Å². The molecule has 1 heterocycles. The summed E-state index contributed by atoms with van der Waals surface area (Å²) in [4.78, 5) is 12.1. The van der Waals surface area contributed by atoms with Crippen molar-refractivity contribution in [2.45, 2.75) is 45.5 Å². The second-order valence-corrected chi connectivity index (χ2v) is 5.58. The van der Waals surface area contributed by atoms with E-state index < -0.39 is 11.9 Å². The number of carbonyl (C=O) groups is 1. The molecule has 0 aliphatic rings. The summed E-state index contributed by atoms with van der Waals surface area (Å²) in [5.74, 6) is -0.214. The molecular weight excluding hydrogens is 319 g/mol. The predicted molar refractivity (Wildman–Crippen MR) is 84.2 cm³/mol. The maximum Gasteiger partial charge on any atom is 0.435 e. The summed E-state index contributed by atoms with van der Waals surface area (Å²) in [7, 11) is 0. The summed E-state index contributed by atoms with van der Waals surface area (Å²) in [5, 5.41) is 6.43. The highest BCUT2D eigenvalue weighted by Gasteiger charge is 2.34. The van der Waals surface area contributed by atoms with E-state index in [1.165, 1.54) is 4.68 Å². The van der Waals surface area contributed by atoms with Crippen molar-refractivity contribution >= 4 is 5.91 Å². The molecule has 1 amide bonds. The molecule has 0 aliphatic carbocycles. The topological polar surface area (TPSA) is 46.9 Å². The molecule has 7 heteroatoms. The third-order valence-corrected chi connectivity index (χ3v) is 3.77. The van der Waals surface area contributed by atoms with Crippen molar-refractivity contribution in [1.82, 2.24) is 15.1 Å². The fraction of sp³-hybridized carbons (Fsp3) is 0.412. The molecular formula is C17H20F3N3O. The molecule has 1 unspecified atom stereocenters. The minimum atomic E-state index is -4.47. The molecule has 0 saturated heterocycles. The van der Waals surface area contributed by atoms with Crippen molar-refractivity contribution in [3.05, 3.63) is 53.3 Å². The lowest BCUT2D eigenvalue weighted by atomic mass is 10.0. The Bertz CT molecular complexity index is 680. The highest BCUT2D eigenvalue weighted by atomic mass is 19.4. The average Bonchev–Trinajstić information content (AvgIpc) is 2.93. The SMILES string of the molecule is CCC(NC(=O)CCn1nc(C(F)(F)F)cc1C)c1ccccc1. The van der Waals surface area contributed by atoms with E-state index in [4.69, 9.17) is 0 Å². The molecule has 2 aromatic rings. The van der Waals surface area contributed by atoms with Crippen LogP contribution in [0.2, 0.25) is 0 Å². The zero-order chi connectivity index (χ0) is 17.7. The minimum absolute atomic E-state index is 0.0726. The predicted octanol–water partition coefficient (Wildman–Crippen LogP) is 3.87. The first-order valence-corrected chi connectivity index (χ1v) is 7.77. The molecule has 0 radical (unpaired) electrons. The number of halogens is 3. The molecule has 1 atom stereocenters. The molecule has 4 nitrogen and oxygen atoms in total. The number of hydrogen-bond donors (Lipinski definition) is 1. The number of aromatic nitrogens is 2. The second kappa shape index (κ2) is 7.51. The van der Waals surface area contributed by atoms with Gasteiger partial charge in [-0.2, -0.15) is 18.3 Å². The van der Waals surface area contributed by atoms with Gasteiger partial charge in [0.25, 0.3) is 0 Å². The summed E-state index contributed by atoms with van der Waals surface area (Å²) >= 11 is 0. The van der Waals surface area contributed by atoms with Gasteiger partial charge in [0.05, 0.1) is 6.04 Å². The van der Waals surface area contributed by atoms with E-state index in [0.29, 0.717) is 5.69 Å². The highest BCUT2D eigenvalue weighted by molar-refractivity contribution is 5.76. The number of rotatable bonds is 6. The summed E-state index contributed by atoms with van der Waals surface area (Å²) in [6.45, 7) is 3.61. The van der Waals surface area contributed by atoms with Crippen LogP contribution in [0.1, 0.15) is 42.8 Å². The second-order valence-electron chi connectivity index (χ2n) is 5.58. The molecule has 0 fully saturated rings. The summed E-state index contributed by atoms with van der Waals surface area (Å²) in [6.07, 6.45) is -3.67. The van der Waals surface area contributed by atoms with Gasteiger partial charge in [-0.05, 0) is 25.0 Å². The molecule has 0 spiro atoms. The van der Waals surface area contributed by atoms with Crippen LogP contribution in [0.3, 0.4) is 0 Å². The standard InChI is InChI=1S/C17H20F3N3O/c1-3-14(13-7-5-4-6-8-13)21-16(24)9-10-23-12(2)11-15(22-23)17(18,19)20/h4-8,11,14H,3,9-10H2,1-2H3,(H,21,24). The number of benzene rings is 1. The Kier molecular flexibility index (Phi) is 5.64. The van der Waals surface area contributed by atoms with E-state index in [1.807, 2.05) is 37.3 Å². The quantitative estimate of drug-likeness (QED) is 0.868. The van der Waals surface area contributed by atoms with Crippen molar-refractivity contribution in [3.63, 3.8) is 0 Å².